The molecule has 0 radical (unpaired) electrons. The minimum Gasteiger partial charge on any atom is -0.458 e. The lowest BCUT2D eigenvalue weighted by atomic mass is 10.0. The molecule has 2 aromatic rings. The molecule has 0 aliphatic carbocycles. The molecule has 2 atom stereocenters. The third-order valence-corrected chi connectivity index (χ3v) is 4.65. The molecule has 0 aliphatic heterocycles. The highest BCUT2D eigenvalue weighted by Crippen LogP contribution is 2.24. The average Bonchev–Trinajstić information content (AvgIpc) is 2.75. The molecule has 0 bridgehead atoms. The van der Waals surface area contributed by atoms with Gasteiger partial charge in [-0.3, -0.25) is 4.79 Å². The first-order valence-corrected chi connectivity index (χ1v) is 10.5. The first-order chi connectivity index (χ1) is 15.9. The van der Waals surface area contributed by atoms with Crippen LogP contribution in [0.4, 0.5) is 17.6 Å². The van der Waals surface area contributed by atoms with Crippen LogP contribution in [0.25, 0.3) is 0 Å². The number of alkyl halides is 4. The third-order valence-electron chi connectivity index (χ3n) is 4.65. The first kappa shape index (κ1) is 27.1. The maximum absolute atomic E-state index is 14.1. The number of ether oxygens (including phenoxy) is 3. The zero-order valence-electron chi connectivity index (χ0n) is 19.0. The quantitative estimate of drug-likeness (QED) is 0.373. The molecule has 0 spiro atoms. The van der Waals surface area contributed by atoms with E-state index in [9.17, 15) is 27.2 Å². The van der Waals surface area contributed by atoms with E-state index in [1.807, 2.05) is 0 Å². The second-order valence-corrected chi connectivity index (χ2v) is 8.18. The summed E-state index contributed by atoms with van der Waals surface area (Å²) in [7, 11) is 1.46. The van der Waals surface area contributed by atoms with E-state index in [4.69, 9.17) is 9.47 Å². The lowest BCUT2D eigenvalue weighted by Gasteiger charge is -2.24. The van der Waals surface area contributed by atoms with Crippen molar-refractivity contribution in [3.05, 3.63) is 65.7 Å². The van der Waals surface area contributed by atoms with E-state index in [-0.39, 0.29) is 19.4 Å². The first-order valence-electron chi connectivity index (χ1n) is 10.5. The molecule has 186 valence electrons. The van der Waals surface area contributed by atoms with E-state index >= 15 is 0 Å². The van der Waals surface area contributed by atoms with Crippen molar-refractivity contribution in [2.24, 2.45) is 0 Å². The number of rotatable bonds is 11. The van der Waals surface area contributed by atoms with Gasteiger partial charge in [0.1, 0.15) is 24.1 Å². The number of carbonyl (C=O) groups excluding carboxylic acids is 2. The number of likely N-dealkylation sites (N-methyl/N-ethyl adjacent to an activating group) is 1. The van der Waals surface area contributed by atoms with Gasteiger partial charge in [-0.05, 0) is 44.2 Å². The summed E-state index contributed by atoms with van der Waals surface area (Å²) >= 11 is 0. The Bertz CT molecular complexity index is 927. The second kappa shape index (κ2) is 11.8. The molecule has 2 rings (SSSR count). The number of benzene rings is 2. The molecule has 0 aliphatic rings. The van der Waals surface area contributed by atoms with Crippen LogP contribution in [0.2, 0.25) is 0 Å². The van der Waals surface area contributed by atoms with Gasteiger partial charge in [0.2, 0.25) is 6.10 Å². The molecule has 0 saturated heterocycles. The molecule has 0 amide bonds. The predicted molar refractivity (Wildman–Crippen MR) is 116 cm³/mol. The molecule has 6 nitrogen and oxygen atoms in total. The van der Waals surface area contributed by atoms with Crippen LogP contribution in [-0.2, 0) is 32.1 Å². The fourth-order valence-electron chi connectivity index (χ4n) is 3.05. The maximum atomic E-state index is 14.1. The number of nitrogens with one attached hydrogen (secondary N) is 1. The second-order valence-electron chi connectivity index (χ2n) is 8.18. The topological polar surface area (TPSA) is 73.9 Å². The Hall–Kier alpha value is -3.14. The molecule has 0 saturated carbocycles. The van der Waals surface area contributed by atoms with Crippen molar-refractivity contribution >= 4 is 11.9 Å². The maximum Gasteiger partial charge on any atom is 0.573 e. The molecular formula is C24H27F4NO5. The standard InChI is InChI=1S/C24H27F4NO5/c1-23(2,25)14-19(29-3)21(30)33-20(22(31)32-15-17-7-5-4-6-8-17)13-16-9-11-18(12-10-16)34-24(26,27)28/h4-12,19-20,29H,13-15H2,1-3H3. The van der Waals surface area contributed by atoms with Crippen LogP contribution in [-0.4, -0.2) is 43.2 Å². The Morgan fingerprint density at radius 3 is 2.06 bits per heavy atom. The normalized spacial score (nSPS) is 13.6. The molecule has 34 heavy (non-hydrogen) atoms. The molecule has 0 fully saturated rings. The van der Waals surface area contributed by atoms with Crippen molar-refractivity contribution in [2.75, 3.05) is 7.05 Å². The molecule has 10 heteroatoms. The minimum absolute atomic E-state index is 0.0704. The number of hydrogen-bond acceptors (Lipinski definition) is 6. The zero-order chi connectivity index (χ0) is 25.4. The SMILES string of the molecule is CNC(CC(C)(C)F)C(=O)OC(Cc1ccc(OC(F)(F)F)cc1)C(=O)OCc1ccccc1. The zero-order valence-corrected chi connectivity index (χ0v) is 19.0. The fourth-order valence-corrected chi connectivity index (χ4v) is 3.05. The summed E-state index contributed by atoms with van der Waals surface area (Å²) in [6, 6.07) is 12.6. The Morgan fingerprint density at radius 2 is 1.53 bits per heavy atom. The van der Waals surface area contributed by atoms with Crippen molar-refractivity contribution in [3.8, 4) is 5.75 Å². The van der Waals surface area contributed by atoms with Crippen LogP contribution in [0.15, 0.2) is 54.6 Å². The number of esters is 2. The van der Waals surface area contributed by atoms with Crippen molar-refractivity contribution < 1.29 is 41.4 Å². The summed E-state index contributed by atoms with van der Waals surface area (Å²) in [6.45, 7) is 2.54. The third kappa shape index (κ3) is 9.78. The molecule has 0 heterocycles. The van der Waals surface area contributed by atoms with E-state index in [1.165, 1.54) is 33.0 Å². The van der Waals surface area contributed by atoms with Crippen LogP contribution in [0.1, 0.15) is 31.4 Å². The summed E-state index contributed by atoms with van der Waals surface area (Å²) in [5.41, 5.74) is -0.567. The summed E-state index contributed by atoms with van der Waals surface area (Å²) in [6.07, 6.45) is -6.60. The van der Waals surface area contributed by atoms with Gasteiger partial charge in [-0.15, -0.1) is 13.2 Å². The molecule has 0 aromatic heterocycles. The van der Waals surface area contributed by atoms with E-state index in [0.717, 1.165) is 12.1 Å². The molecule has 1 N–H and O–H groups in total. The van der Waals surface area contributed by atoms with Crippen LogP contribution in [0.5, 0.6) is 5.75 Å². The van der Waals surface area contributed by atoms with E-state index in [1.54, 1.807) is 30.3 Å². The van der Waals surface area contributed by atoms with E-state index < -0.39 is 41.9 Å². The minimum atomic E-state index is -4.84. The van der Waals surface area contributed by atoms with Crippen molar-refractivity contribution in [1.29, 1.82) is 0 Å². The van der Waals surface area contributed by atoms with Crippen molar-refractivity contribution in [2.45, 2.75) is 57.5 Å². The Kier molecular flexibility index (Phi) is 9.43. The predicted octanol–water partition coefficient (Wildman–Crippen LogP) is 4.51. The van der Waals surface area contributed by atoms with Gasteiger partial charge in [-0.1, -0.05) is 42.5 Å². The summed E-state index contributed by atoms with van der Waals surface area (Å²) in [5, 5.41) is 2.66. The van der Waals surface area contributed by atoms with Crippen LogP contribution in [0.3, 0.4) is 0 Å². The monoisotopic (exact) mass is 485 g/mol. The highest BCUT2D eigenvalue weighted by atomic mass is 19.4. The Balaban J connectivity index is 2.15. The molecule has 2 unspecified atom stereocenters. The van der Waals surface area contributed by atoms with Crippen molar-refractivity contribution in [3.63, 3.8) is 0 Å². The average molecular weight is 485 g/mol. The smallest absolute Gasteiger partial charge is 0.458 e. The summed E-state index contributed by atoms with van der Waals surface area (Å²) in [4.78, 5) is 25.4. The largest absolute Gasteiger partial charge is 0.573 e. The van der Waals surface area contributed by atoms with Gasteiger partial charge in [0, 0.05) is 12.8 Å². The Labute approximate surface area is 195 Å². The van der Waals surface area contributed by atoms with Gasteiger partial charge in [0.15, 0.2) is 0 Å². The van der Waals surface area contributed by atoms with Crippen LogP contribution >= 0.6 is 0 Å². The highest BCUT2D eigenvalue weighted by molar-refractivity contribution is 5.82. The van der Waals surface area contributed by atoms with Gasteiger partial charge >= 0.3 is 18.3 Å². The molecule has 2 aromatic carbocycles. The lowest BCUT2D eigenvalue weighted by Crippen LogP contribution is -2.43. The van der Waals surface area contributed by atoms with E-state index in [2.05, 4.69) is 10.1 Å². The summed E-state index contributed by atoms with van der Waals surface area (Å²) in [5.74, 6) is -2.13. The van der Waals surface area contributed by atoms with Crippen molar-refractivity contribution in [1.82, 2.24) is 5.32 Å². The van der Waals surface area contributed by atoms with Gasteiger partial charge in [-0.25, -0.2) is 9.18 Å². The number of hydrogen-bond donors (Lipinski definition) is 1. The lowest BCUT2D eigenvalue weighted by molar-refractivity contribution is -0.274. The highest BCUT2D eigenvalue weighted by Gasteiger charge is 2.33. The van der Waals surface area contributed by atoms with Crippen LogP contribution in [0, 0.1) is 0 Å². The number of carbonyl (C=O) groups is 2. The Morgan fingerprint density at radius 1 is 0.912 bits per heavy atom. The molecular weight excluding hydrogens is 458 g/mol. The van der Waals surface area contributed by atoms with Gasteiger partial charge in [-0.2, -0.15) is 0 Å². The number of halogens is 4. The van der Waals surface area contributed by atoms with Crippen LogP contribution < -0.4 is 10.1 Å². The summed E-state index contributed by atoms with van der Waals surface area (Å²) < 4.78 is 65.7. The van der Waals surface area contributed by atoms with Gasteiger partial charge in [0.25, 0.3) is 0 Å². The fraction of sp³-hybridized carbons (Fsp3) is 0.417. The van der Waals surface area contributed by atoms with E-state index in [0.29, 0.717) is 11.1 Å². The van der Waals surface area contributed by atoms with Gasteiger partial charge in [0.05, 0.1) is 0 Å². The van der Waals surface area contributed by atoms with Gasteiger partial charge < -0.3 is 19.5 Å².